The Balaban J connectivity index is 3.25. The molecule has 224 valence electrons. The second kappa shape index (κ2) is 32.2. The molecule has 0 heteroatoms. The van der Waals surface area contributed by atoms with Crippen LogP contribution in [0, 0.1) is 11.8 Å². The predicted molar refractivity (Wildman–Crippen MR) is 173 cm³/mol. The van der Waals surface area contributed by atoms with Gasteiger partial charge in [0, 0.05) is 0 Å². The van der Waals surface area contributed by atoms with Crippen LogP contribution in [0.5, 0.6) is 0 Å². The summed E-state index contributed by atoms with van der Waals surface area (Å²) in [7, 11) is 0. The fourth-order valence-electron chi connectivity index (χ4n) is 6.12. The van der Waals surface area contributed by atoms with Gasteiger partial charge < -0.3 is 0 Å². The normalized spacial score (nSPS) is 13.3. The first-order chi connectivity index (χ1) is 18.2. The van der Waals surface area contributed by atoms with Crippen molar-refractivity contribution in [3.8, 4) is 0 Å². The zero-order chi connectivity index (χ0) is 27.1. The first kappa shape index (κ1) is 37.0. The first-order valence-electron chi connectivity index (χ1n) is 18.2. The van der Waals surface area contributed by atoms with Gasteiger partial charge in [-0.1, -0.05) is 227 Å². The molecule has 0 saturated carbocycles. The van der Waals surface area contributed by atoms with E-state index in [1.165, 1.54) is 199 Å². The van der Waals surface area contributed by atoms with Gasteiger partial charge in [0.15, 0.2) is 0 Å². The molecule has 0 aliphatic heterocycles. The molecule has 0 rings (SSSR count). The van der Waals surface area contributed by atoms with Crippen LogP contribution < -0.4 is 0 Å². The summed E-state index contributed by atoms with van der Waals surface area (Å²) in [5.74, 6) is 1.92. The minimum Gasteiger partial charge on any atom is -0.0654 e. The molecule has 0 saturated heterocycles. The lowest BCUT2D eigenvalue weighted by Gasteiger charge is -2.13. The molecule has 0 fully saturated rings. The van der Waals surface area contributed by atoms with E-state index < -0.39 is 0 Å². The number of unbranched alkanes of at least 4 members (excludes halogenated alkanes) is 24. The standard InChI is InChI=1S/C37H76/c1-5-7-9-11-13-15-17-18-19-20-22-24-26-29-33-37(4)35-31-27-30-34-36(3)32-28-25-23-21-16-14-12-10-8-6-2/h36-37H,5-35H2,1-4H3. The van der Waals surface area contributed by atoms with E-state index in [4.69, 9.17) is 0 Å². The highest BCUT2D eigenvalue weighted by Crippen LogP contribution is 2.21. The van der Waals surface area contributed by atoms with Crippen molar-refractivity contribution in [3.05, 3.63) is 0 Å². The maximum absolute atomic E-state index is 2.51. The van der Waals surface area contributed by atoms with Crippen molar-refractivity contribution < 1.29 is 0 Å². The van der Waals surface area contributed by atoms with Crippen molar-refractivity contribution in [1.29, 1.82) is 0 Å². The van der Waals surface area contributed by atoms with Gasteiger partial charge in [-0.3, -0.25) is 0 Å². The average molecular weight is 521 g/mol. The van der Waals surface area contributed by atoms with Gasteiger partial charge in [-0.2, -0.15) is 0 Å². The van der Waals surface area contributed by atoms with E-state index >= 15 is 0 Å². The third kappa shape index (κ3) is 32.1. The molecule has 0 radical (unpaired) electrons. The van der Waals surface area contributed by atoms with E-state index in [1.807, 2.05) is 0 Å². The molecule has 0 nitrogen and oxygen atoms in total. The molecular weight excluding hydrogens is 444 g/mol. The van der Waals surface area contributed by atoms with Crippen molar-refractivity contribution >= 4 is 0 Å². The highest BCUT2D eigenvalue weighted by Gasteiger charge is 2.05. The van der Waals surface area contributed by atoms with Crippen LogP contribution in [0.2, 0.25) is 0 Å². The highest BCUT2D eigenvalue weighted by atomic mass is 14.1. The Kier molecular flexibility index (Phi) is 32.2. The van der Waals surface area contributed by atoms with E-state index in [-0.39, 0.29) is 0 Å². The maximum Gasteiger partial charge on any atom is -0.0443 e. The lowest BCUT2D eigenvalue weighted by Crippen LogP contribution is -1.97. The van der Waals surface area contributed by atoms with Gasteiger partial charge >= 0.3 is 0 Å². The predicted octanol–water partition coefficient (Wildman–Crippen LogP) is 14.4. The highest BCUT2D eigenvalue weighted by molar-refractivity contribution is 4.59. The van der Waals surface area contributed by atoms with Crippen LogP contribution >= 0.6 is 0 Å². The molecule has 0 aromatic rings. The summed E-state index contributed by atoms with van der Waals surface area (Å²) in [6.45, 7) is 9.63. The lowest BCUT2D eigenvalue weighted by atomic mass is 9.93. The zero-order valence-electron chi connectivity index (χ0n) is 27.1. The molecule has 0 heterocycles. The van der Waals surface area contributed by atoms with Crippen LogP contribution in [0.3, 0.4) is 0 Å². The Morgan fingerprint density at radius 2 is 0.405 bits per heavy atom. The molecule has 2 atom stereocenters. The molecule has 0 aliphatic carbocycles. The Morgan fingerprint density at radius 3 is 0.622 bits per heavy atom. The van der Waals surface area contributed by atoms with Gasteiger partial charge in [0.1, 0.15) is 0 Å². The molecule has 37 heavy (non-hydrogen) atoms. The largest absolute Gasteiger partial charge is 0.0654 e. The van der Waals surface area contributed by atoms with E-state index in [2.05, 4.69) is 27.7 Å². The lowest BCUT2D eigenvalue weighted by molar-refractivity contribution is 0.407. The summed E-state index contributed by atoms with van der Waals surface area (Å²) in [4.78, 5) is 0. The van der Waals surface area contributed by atoms with Gasteiger partial charge in [0.2, 0.25) is 0 Å². The summed E-state index contributed by atoms with van der Waals surface area (Å²) in [5, 5.41) is 0. The number of rotatable bonds is 32. The second-order valence-electron chi connectivity index (χ2n) is 13.2. The summed E-state index contributed by atoms with van der Waals surface area (Å²) in [6.07, 6.45) is 45.6. The van der Waals surface area contributed by atoms with E-state index in [1.54, 1.807) is 0 Å². The number of hydrogen-bond acceptors (Lipinski definition) is 0. The third-order valence-electron chi connectivity index (χ3n) is 8.99. The smallest absolute Gasteiger partial charge is 0.0443 e. The molecule has 0 aliphatic rings. The zero-order valence-corrected chi connectivity index (χ0v) is 27.1. The summed E-state index contributed by atoms with van der Waals surface area (Å²) in [6, 6.07) is 0. The van der Waals surface area contributed by atoms with Crippen LogP contribution in [-0.4, -0.2) is 0 Å². The molecule has 0 aromatic carbocycles. The molecule has 0 amide bonds. The fourth-order valence-corrected chi connectivity index (χ4v) is 6.12. The van der Waals surface area contributed by atoms with Crippen molar-refractivity contribution in [2.45, 2.75) is 227 Å². The molecule has 0 aromatic heterocycles. The second-order valence-corrected chi connectivity index (χ2v) is 13.2. The minimum absolute atomic E-state index is 0.960. The van der Waals surface area contributed by atoms with E-state index in [9.17, 15) is 0 Å². The molecule has 0 bridgehead atoms. The molecule has 0 N–H and O–H groups in total. The quantitative estimate of drug-likeness (QED) is 0.0773. The van der Waals surface area contributed by atoms with Crippen molar-refractivity contribution in [1.82, 2.24) is 0 Å². The van der Waals surface area contributed by atoms with Crippen LogP contribution in [0.25, 0.3) is 0 Å². The Bertz CT molecular complexity index is 385. The van der Waals surface area contributed by atoms with Crippen LogP contribution in [0.4, 0.5) is 0 Å². The fraction of sp³-hybridized carbons (Fsp3) is 1.00. The third-order valence-corrected chi connectivity index (χ3v) is 8.99. The van der Waals surface area contributed by atoms with E-state index in [0.717, 1.165) is 11.8 Å². The molecular formula is C37H76. The maximum atomic E-state index is 2.51. The Hall–Kier alpha value is 0. The topological polar surface area (TPSA) is 0 Å². The molecule has 0 spiro atoms. The SMILES string of the molecule is CCCCCCCCCCCCCCCCC(C)CCCCCC(C)CCCCCCCCCCCC. The van der Waals surface area contributed by atoms with Gasteiger partial charge in [0.05, 0.1) is 0 Å². The summed E-state index contributed by atoms with van der Waals surface area (Å²) >= 11 is 0. The summed E-state index contributed by atoms with van der Waals surface area (Å²) < 4.78 is 0. The van der Waals surface area contributed by atoms with Crippen molar-refractivity contribution in [2.75, 3.05) is 0 Å². The Labute approximate surface area is 238 Å². The monoisotopic (exact) mass is 521 g/mol. The Morgan fingerprint density at radius 1 is 0.243 bits per heavy atom. The minimum atomic E-state index is 0.960. The van der Waals surface area contributed by atoms with Crippen molar-refractivity contribution in [3.63, 3.8) is 0 Å². The van der Waals surface area contributed by atoms with Crippen molar-refractivity contribution in [2.24, 2.45) is 11.8 Å². The van der Waals surface area contributed by atoms with Gasteiger partial charge in [0.25, 0.3) is 0 Å². The summed E-state index contributed by atoms with van der Waals surface area (Å²) in [5.41, 5.74) is 0. The van der Waals surface area contributed by atoms with Gasteiger partial charge in [-0.05, 0) is 11.8 Å². The van der Waals surface area contributed by atoms with Gasteiger partial charge in [-0.25, -0.2) is 0 Å². The molecule has 2 unspecified atom stereocenters. The van der Waals surface area contributed by atoms with Gasteiger partial charge in [-0.15, -0.1) is 0 Å². The van der Waals surface area contributed by atoms with Crippen LogP contribution in [0.15, 0.2) is 0 Å². The van der Waals surface area contributed by atoms with Crippen LogP contribution in [0.1, 0.15) is 227 Å². The average Bonchev–Trinajstić information content (AvgIpc) is 2.89. The van der Waals surface area contributed by atoms with E-state index in [0.29, 0.717) is 0 Å². The van der Waals surface area contributed by atoms with Crippen LogP contribution in [-0.2, 0) is 0 Å². The number of hydrogen-bond donors (Lipinski definition) is 0. The first-order valence-corrected chi connectivity index (χ1v) is 18.2.